The smallest absolute Gasteiger partial charge is 0.159 e. The minimum Gasteiger partial charge on any atom is -0.299 e. The highest BCUT2D eigenvalue weighted by atomic mass is 16.1. The predicted molar refractivity (Wildman–Crippen MR) is 92.5 cm³/mol. The zero-order valence-corrected chi connectivity index (χ0v) is 14.3. The topological polar surface area (TPSA) is 42.9 Å². The van der Waals surface area contributed by atoms with E-state index in [1.807, 2.05) is 24.4 Å². The average Bonchev–Trinajstić information content (AvgIpc) is 3.25. The number of ketones is 1. The quantitative estimate of drug-likeness (QED) is 0.795. The van der Waals surface area contributed by atoms with Gasteiger partial charge in [-0.15, -0.1) is 0 Å². The van der Waals surface area contributed by atoms with Gasteiger partial charge in [0, 0.05) is 29.0 Å². The maximum absolute atomic E-state index is 12.5. The second kappa shape index (κ2) is 4.33. The molecule has 0 bridgehead atoms. The van der Waals surface area contributed by atoms with Gasteiger partial charge < -0.3 is 0 Å². The molecule has 2 aromatic rings. The van der Waals surface area contributed by atoms with Crippen molar-refractivity contribution in [1.82, 2.24) is 9.97 Å². The van der Waals surface area contributed by atoms with Gasteiger partial charge in [0.05, 0.1) is 5.69 Å². The van der Waals surface area contributed by atoms with E-state index in [0.717, 1.165) is 37.1 Å². The first-order chi connectivity index (χ1) is 11.5. The zero-order chi connectivity index (χ0) is 16.6. The number of rotatable bonds is 1. The molecule has 1 heterocycles. The number of hydrogen-bond acceptors (Lipinski definition) is 3. The van der Waals surface area contributed by atoms with E-state index in [1.54, 1.807) is 0 Å². The highest BCUT2D eigenvalue weighted by Gasteiger charge is 2.77. The standard InChI is InChI=1S/C21H22N2O/c1-19-10-9-16(24)20(2)13-21(19,20)11-8-15-12-22-18(23-17(15)19)14-6-4-3-5-7-14/h3-7,12H,8-11,13H2,1-2H3/t19-,20?,21+/m1/s1. The van der Waals surface area contributed by atoms with E-state index in [2.05, 4.69) is 31.0 Å². The van der Waals surface area contributed by atoms with Gasteiger partial charge in [0.2, 0.25) is 0 Å². The fourth-order valence-corrected chi connectivity index (χ4v) is 5.73. The van der Waals surface area contributed by atoms with Gasteiger partial charge in [-0.2, -0.15) is 0 Å². The predicted octanol–water partition coefficient (Wildman–Crippen LogP) is 4.11. The Kier molecular flexibility index (Phi) is 2.58. The molecule has 2 saturated carbocycles. The van der Waals surface area contributed by atoms with Crippen LogP contribution >= 0.6 is 0 Å². The highest BCUT2D eigenvalue weighted by molar-refractivity contribution is 5.91. The van der Waals surface area contributed by atoms with E-state index in [4.69, 9.17) is 4.98 Å². The van der Waals surface area contributed by atoms with Gasteiger partial charge in [-0.3, -0.25) is 4.79 Å². The summed E-state index contributed by atoms with van der Waals surface area (Å²) >= 11 is 0. The van der Waals surface area contributed by atoms with Crippen LogP contribution in [0.3, 0.4) is 0 Å². The minimum atomic E-state index is -0.116. The molecule has 0 radical (unpaired) electrons. The third-order valence-electron chi connectivity index (χ3n) is 7.35. The Morgan fingerprint density at radius 3 is 2.58 bits per heavy atom. The summed E-state index contributed by atoms with van der Waals surface area (Å²) in [6.07, 6.45) is 6.80. The fraction of sp³-hybridized carbons (Fsp3) is 0.476. The second-order valence-electron chi connectivity index (χ2n) is 8.28. The summed E-state index contributed by atoms with van der Waals surface area (Å²) in [6.45, 7) is 4.54. The first-order valence-corrected chi connectivity index (χ1v) is 8.95. The van der Waals surface area contributed by atoms with E-state index < -0.39 is 0 Å². The van der Waals surface area contributed by atoms with Crippen LogP contribution in [0.4, 0.5) is 0 Å². The molecule has 122 valence electrons. The lowest BCUT2D eigenvalue weighted by Gasteiger charge is -2.48. The van der Waals surface area contributed by atoms with Gasteiger partial charge in [-0.25, -0.2) is 9.97 Å². The van der Waals surface area contributed by atoms with Gasteiger partial charge in [0.25, 0.3) is 0 Å². The Morgan fingerprint density at radius 2 is 1.79 bits per heavy atom. The fourth-order valence-electron chi connectivity index (χ4n) is 5.73. The van der Waals surface area contributed by atoms with Crippen LogP contribution in [-0.4, -0.2) is 15.8 Å². The largest absolute Gasteiger partial charge is 0.299 e. The van der Waals surface area contributed by atoms with Crippen molar-refractivity contribution in [1.29, 1.82) is 0 Å². The molecule has 0 amide bonds. The summed E-state index contributed by atoms with van der Waals surface area (Å²) in [4.78, 5) is 22.2. The van der Waals surface area contributed by atoms with Crippen LogP contribution in [0.15, 0.2) is 36.5 Å². The SMILES string of the molecule is CC12C[C@]13CCc1cnc(-c4ccccc4)nc1[C@@]3(C)CCC2=O. The maximum Gasteiger partial charge on any atom is 0.159 e. The molecule has 0 N–H and O–H groups in total. The van der Waals surface area contributed by atoms with Crippen LogP contribution in [0.5, 0.6) is 0 Å². The number of fused-ring (bicyclic) bond motifs is 2. The van der Waals surface area contributed by atoms with Crippen molar-refractivity contribution in [3.8, 4) is 11.4 Å². The molecule has 3 aliphatic rings. The van der Waals surface area contributed by atoms with Crippen LogP contribution in [0, 0.1) is 10.8 Å². The highest BCUT2D eigenvalue weighted by Crippen LogP contribution is 2.79. The number of carbonyl (C=O) groups excluding carboxylic acids is 1. The Bertz CT molecular complexity index is 861. The Hall–Kier alpha value is -2.03. The van der Waals surface area contributed by atoms with Crippen LogP contribution in [-0.2, 0) is 16.6 Å². The normalized spacial score (nSPS) is 36.5. The van der Waals surface area contributed by atoms with Gasteiger partial charge in [0.15, 0.2) is 5.82 Å². The Balaban J connectivity index is 1.67. The zero-order valence-electron chi connectivity index (χ0n) is 14.3. The van der Waals surface area contributed by atoms with E-state index >= 15 is 0 Å². The van der Waals surface area contributed by atoms with Crippen molar-refractivity contribution in [3.05, 3.63) is 47.8 Å². The first kappa shape index (κ1) is 14.3. The molecule has 0 saturated heterocycles. The molecule has 0 aliphatic heterocycles. The molecule has 3 atom stereocenters. The number of carbonyl (C=O) groups is 1. The summed E-state index contributed by atoms with van der Waals surface area (Å²) in [6, 6.07) is 10.2. The van der Waals surface area contributed by atoms with E-state index in [1.165, 1.54) is 11.3 Å². The van der Waals surface area contributed by atoms with E-state index in [-0.39, 0.29) is 16.2 Å². The molecule has 5 rings (SSSR count). The summed E-state index contributed by atoms with van der Waals surface area (Å²) < 4.78 is 0. The Morgan fingerprint density at radius 1 is 1.00 bits per heavy atom. The van der Waals surface area contributed by atoms with Gasteiger partial charge >= 0.3 is 0 Å². The molecule has 3 heteroatoms. The number of aromatic nitrogens is 2. The van der Waals surface area contributed by atoms with Crippen molar-refractivity contribution in [2.45, 2.75) is 51.4 Å². The molecule has 1 aromatic carbocycles. The third kappa shape index (κ3) is 1.51. The minimum absolute atomic E-state index is 0.00964. The lowest BCUT2D eigenvalue weighted by Crippen LogP contribution is -2.47. The molecular formula is C21H22N2O. The van der Waals surface area contributed by atoms with Crippen molar-refractivity contribution in [2.24, 2.45) is 10.8 Å². The van der Waals surface area contributed by atoms with Gasteiger partial charge in [-0.1, -0.05) is 44.2 Å². The lowest BCUT2D eigenvalue weighted by molar-refractivity contribution is -0.129. The lowest BCUT2D eigenvalue weighted by atomic mass is 9.55. The van der Waals surface area contributed by atoms with Gasteiger partial charge in [0.1, 0.15) is 5.78 Å². The number of hydrogen-bond donors (Lipinski definition) is 0. The molecule has 24 heavy (non-hydrogen) atoms. The van der Waals surface area contributed by atoms with Crippen LogP contribution < -0.4 is 0 Å². The summed E-state index contributed by atoms with van der Waals surface area (Å²) in [5.41, 5.74) is 3.58. The average molecular weight is 318 g/mol. The molecule has 1 aromatic heterocycles. The van der Waals surface area contributed by atoms with Crippen molar-refractivity contribution in [2.75, 3.05) is 0 Å². The Labute approximate surface area is 142 Å². The molecule has 3 nitrogen and oxygen atoms in total. The number of benzene rings is 1. The van der Waals surface area contributed by atoms with Crippen molar-refractivity contribution < 1.29 is 4.79 Å². The van der Waals surface area contributed by atoms with E-state index in [9.17, 15) is 4.79 Å². The van der Waals surface area contributed by atoms with E-state index in [0.29, 0.717) is 12.2 Å². The molecule has 1 unspecified atom stereocenters. The summed E-state index contributed by atoms with van der Waals surface area (Å²) in [5, 5.41) is 0. The van der Waals surface area contributed by atoms with Crippen molar-refractivity contribution >= 4 is 5.78 Å². The number of nitrogens with zero attached hydrogens (tertiary/aromatic N) is 2. The number of Topliss-reactive ketones (excluding diaryl/α,β-unsaturated/α-hetero) is 1. The van der Waals surface area contributed by atoms with Crippen LogP contribution in [0.1, 0.15) is 50.8 Å². The summed E-state index contributed by atoms with van der Waals surface area (Å²) in [5.74, 6) is 1.28. The summed E-state index contributed by atoms with van der Waals surface area (Å²) in [7, 11) is 0. The number of aryl methyl sites for hydroxylation is 1. The van der Waals surface area contributed by atoms with Gasteiger partial charge in [-0.05, 0) is 36.7 Å². The van der Waals surface area contributed by atoms with Crippen molar-refractivity contribution in [3.63, 3.8) is 0 Å². The molecule has 2 fully saturated rings. The monoisotopic (exact) mass is 318 g/mol. The maximum atomic E-state index is 12.5. The second-order valence-corrected chi connectivity index (χ2v) is 8.28. The molecule has 1 spiro atoms. The van der Waals surface area contributed by atoms with Crippen LogP contribution in [0.25, 0.3) is 11.4 Å². The van der Waals surface area contributed by atoms with Crippen LogP contribution in [0.2, 0.25) is 0 Å². The molecular weight excluding hydrogens is 296 g/mol. The molecule has 3 aliphatic carbocycles. The first-order valence-electron chi connectivity index (χ1n) is 8.95. The third-order valence-corrected chi connectivity index (χ3v) is 7.35.